The zero-order valence-corrected chi connectivity index (χ0v) is 13.7. The Labute approximate surface area is 137 Å². The molecular formula is C16H15ClFNO2S. The SMILES string of the molecule is COc1ccc(SC(C)C(=O)Nc2ccc(F)c(Cl)c2)cc1. The molecule has 0 aromatic heterocycles. The Morgan fingerprint density at radius 2 is 1.95 bits per heavy atom. The number of halogens is 2. The Bertz CT molecular complexity index is 664. The Balaban J connectivity index is 1.97. The maximum atomic E-state index is 13.1. The molecule has 6 heteroatoms. The highest BCUT2D eigenvalue weighted by molar-refractivity contribution is 8.00. The largest absolute Gasteiger partial charge is 0.497 e. The van der Waals surface area contributed by atoms with E-state index >= 15 is 0 Å². The van der Waals surface area contributed by atoms with E-state index in [0.29, 0.717) is 5.69 Å². The molecular weight excluding hydrogens is 325 g/mol. The van der Waals surface area contributed by atoms with Gasteiger partial charge in [0.05, 0.1) is 17.4 Å². The summed E-state index contributed by atoms with van der Waals surface area (Å²) in [6, 6.07) is 11.5. The summed E-state index contributed by atoms with van der Waals surface area (Å²) in [5, 5.41) is 2.39. The zero-order valence-electron chi connectivity index (χ0n) is 12.1. The van der Waals surface area contributed by atoms with Crippen LogP contribution in [0.1, 0.15) is 6.92 Å². The predicted molar refractivity (Wildman–Crippen MR) is 88.4 cm³/mol. The molecule has 0 aliphatic rings. The summed E-state index contributed by atoms with van der Waals surface area (Å²) in [6.45, 7) is 1.80. The van der Waals surface area contributed by atoms with Crippen molar-refractivity contribution in [3.8, 4) is 5.75 Å². The van der Waals surface area contributed by atoms with Crippen LogP contribution in [0.5, 0.6) is 5.75 Å². The normalized spacial score (nSPS) is 11.8. The van der Waals surface area contributed by atoms with Gasteiger partial charge in [-0.15, -0.1) is 11.8 Å². The molecule has 1 N–H and O–H groups in total. The second-order valence-electron chi connectivity index (χ2n) is 4.55. The van der Waals surface area contributed by atoms with Gasteiger partial charge < -0.3 is 10.1 Å². The first-order chi connectivity index (χ1) is 10.5. The van der Waals surface area contributed by atoms with Crippen molar-refractivity contribution >= 4 is 35.0 Å². The van der Waals surface area contributed by atoms with Gasteiger partial charge in [0.2, 0.25) is 5.91 Å². The van der Waals surface area contributed by atoms with Gasteiger partial charge in [-0.2, -0.15) is 0 Å². The van der Waals surface area contributed by atoms with Crippen LogP contribution in [0.4, 0.5) is 10.1 Å². The Morgan fingerprint density at radius 3 is 2.55 bits per heavy atom. The minimum Gasteiger partial charge on any atom is -0.497 e. The summed E-state index contributed by atoms with van der Waals surface area (Å²) < 4.78 is 18.2. The monoisotopic (exact) mass is 339 g/mol. The van der Waals surface area contributed by atoms with Crippen LogP contribution in [0.25, 0.3) is 0 Å². The summed E-state index contributed by atoms with van der Waals surface area (Å²) in [7, 11) is 1.60. The van der Waals surface area contributed by atoms with E-state index in [1.54, 1.807) is 14.0 Å². The molecule has 1 unspecified atom stereocenters. The van der Waals surface area contributed by atoms with Crippen molar-refractivity contribution in [3.63, 3.8) is 0 Å². The summed E-state index contributed by atoms with van der Waals surface area (Å²) in [6.07, 6.45) is 0. The summed E-state index contributed by atoms with van der Waals surface area (Å²) in [5.41, 5.74) is 0.471. The maximum Gasteiger partial charge on any atom is 0.237 e. The molecule has 2 aromatic carbocycles. The summed E-state index contributed by atoms with van der Waals surface area (Å²) in [5.74, 6) is 0.0752. The number of hydrogen-bond acceptors (Lipinski definition) is 3. The molecule has 0 aliphatic heterocycles. The van der Waals surface area contributed by atoms with E-state index in [0.717, 1.165) is 10.6 Å². The van der Waals surface area contributed by atoms with Crippen molar-refractivity contribution < 1.29 is 13.9 Å². The highest BCUT2D eigenvalue weighted by atomic mass is 35.5. The van der Waals surface area contributed by atoms with Crippen LogP contribution >= 0.6 is 23.4 Å². The summed E-state index contributed by atoms with van der Waals surface area (Å²) >= 11 is 7.11. The van der Waals surface area contributed by atoms with Crippen molar-refractivity contribution in [1.29, 1.82) is 0 Å². The minimum absolute atomic E-state index is 0.0201. The van der Waals surface area contributed by atoms with E-state index in [-0.39, 0.29) is 16.2 Å². The van der Waals surface area contributed by atoms with Crippen molar-refractivity contribution in [1.82, 2.24) is 0 Å². The van der Waals surface area contributed by atoms with Gasteiger partial charge >= 0.3 is 0 Å². The fourth-order valence-electron chi connectivity index (χ4n) is 1.73. The predicted octanol–water partition coefficient (Wildman–Crippen LogP) is 4.61. The third-order valence-electron chi connectivity index (χ3n) is 2.93. The number of hydrogen-bond donors (Lipinski definition) is 1. The lowest BCUT2D eigenvalue weighted by Crippen LogP contribution is -2.22. The van der Waals surface area contributed by atoms with Crippen LogP contribution in [-0.4, -0.2) is 18.3 Å². The molecule has 2 aromatic rings. The molecule has 1 atom stereocenters. The molecule has 116 valence electrons. The number of anilines is 1. The van der Waals surface area contributed by atoms with E-state index in [1.807, 2.05) is 24.3 Å². The number of amides is 1. The van der Waals surface area contributed by atoms with Gasteiger partial charge in [-0.25, -0.2) is 4.39 Å². The zero-order chi connectivity index (χ0) is 16.1. The molecule has 0 saturated carbocycles. The average Bonchev–Trinajstić information content (AvgIpc) is 2.51. The minimum atomic E-state index is -0.514. The van der Waals surface area contributed by atoms with Crippen molar-refractivity contribution in [2.75, 3.05) is 12.4 Å². The molecule has 3 nitrogen and oxygen atoms in total. The highest BCUT2D eigenvalue weighted by Gasteiger charge is 2.15. The van der Waals surface area contributed by atoms with Gasteiger partial charge in [0, 0.05) is 10.6 Å². The molecule has 22 heavy (non-hydrogen) atoms. The molecule has 0 radical (unpaired) electrons. The lowest BCUT2D eigenvalue weighted by molar-refractivity contribution is -0.115. The molecule has 2 rings (SSSR count). The number of benzene rings is 2. The molecule has 0 aliphatic carbocycles. The van der Waals surface area contributed by atoms with E-state index < -0.39 is 5.82 Å². The van der Waals surface area contributed by atoms with Gasteiger partial charge in [0.1, 0.15) is 11.6 Å². The molecule has 0 heterocycles. The first kappa shape index (κ1) is 16.6. The maximum absolute atomic E-state index is 13.1. The fourth-order valence-corrected chi connectivity index (χ4v) is 2.78. The lowest BCUT2D eigenvalue weighted by atomic mass is 10.3. The first-order valence-corrected chi connectivity index (χ1v) is 7.82. The number of thioether (sulfide) groups is 1. The van der Waals surface area contributed by atoms with Crippen LogP contribution in [0.3, 0.4) is 0 Å². The topological polar surface area (TPSA) is 38.3 Å². The van der Waals surface area contributed by atoms with Crippen LogP contribution in [0.2, 0.25) is 5.02 Å². The molecule has 0 fully saturated rings. The molecule has 0 saturated heterocycles. The number of ether oxygens (including phenoxy) is 1. The van der Waals surface area contributed by atoms with Crippen molar-refractivity contribution in [2.24, 2.45) is 0 Å². The molecule has 0 spiro atoms. The number of nitrogens with one attached hydrogen (secondary N) is 1. The van der Waals surface area contributed by atoms with Crippen LogP contribution in [-0.2, 0) is 4.79 Å². The Hall–Kier alpha value is -1.72. The summed E-state index contributed by atoms with van der Waals surface area (Å²) in [4.78, 5) is 13.1. The third kappa shape index (κ3) is 4.39. The van der Waals surface area contributed by atoms with Gasteiger partial charge in [-0.3, -0.25) is 4.79 Å². The van der Waals surface area contributed by atoms with E-state index in [1.165, 1.54) is 30.0 Å². The Morgan fingerprint density at radius 1 is 1.27 bits per heavy atom. The third-order valence-corrected chi connectivity index (χ3v) is 4.33. The standard InChI is InChI=1S/C16H15ClFNO2S/c1-10(22-13-6-4-12(21-2)5-7-13)16(20)19-11-3-8-15(18)14(17)9-11/h3-10H,1-2H3,(H,19,20). The van der Waals surface area contributed by atoms with Crippen molar-refractivity contribution in [3.05, 3.63) is 53.3 Å². The van der Waals surface area contributed by atoms with E-state index in [4.69, 9.17) is 16.3 Å². The quantitative estimate of drug-likeness (QED) is 0.808. The average molecular weight is 340 g/mol. The Kier molecular flexibility index (Phi) is 5.69. The van der Waals surface area contributed by atoms with Crippen LogP contribution in [0, 0.1) is 5.82 Å². The number of carbonyl (C=O) groups is 1. The van der Waals surface area contributed by atoms with Gasteiger partial charge in [0.15, 0.2) is 0 Å². The van der Waals surface area contributed by atoms with Crippen LogP contribution in [0.15, 0.2) is 47.4 Å². The fraction of sp³-hybridized carbons (Fsp3) is 0.188. The second-order valence-corrected chi connectivity index (χ2v) is 6.38. The number of rotatable bonds is 5. The van der Waals surface area contributed by atoms with Crippen molar-refractivity contribution in [2.45, 2.75) is 17.1 Å². The first-order valence-electron chi connectivity index (χ1n) is 6.56. The molecule has 1 amide bonds. The lowest BCUT2D eigenvalue weighted by Gasteiger charge is -2.12. The van der Waals surface area contributed by atoms with Gasteiger partial charge in [0.25, 0.3) is 0 Å². The smallest absolute Gasteiger partial charge is 0.237 e. The van der Waals surface area contributed by atoms with Crippen LogP contribution < -0.4 is 10.1 Å². The molecule has 0 bridgehead atoms. The number of methoxy groups -OCH3 is 1. The van der Waals surface area contributed by atoms with E-state index in [9.17, 15) is 9.18 Å². The second kappa shape index (κ2) is 7.51. The van der Waals surface area contributed by atoms with Gasteiger partial charge in [-0.1, -0.05) is 11.6 Å². The van der Waals surface area contributed by atoms with Gasteiger partial charge in [-0.05, 0) is 49.4 Å². The highest BCUT2D eigenvalue weighted by Crippen LogP contribution is 2.26. The van der Waals surface area contributed by atoms with E-state index in [2.05, 4.69) is 5.32 Å². The number of carbonyl (C=O) groups excluding carboxylic acids is 1.